The van der Waals surface area contributed by atoms with Crippen LogP contribution < -0.4 is 5.32 Å². The lowest BCUT2D eigenvalue weighted by molar-refractivity contribution is -0.123. The van der Waals surface area contributed by atoms with Gasteiger partial charge in [0.25, 0.3) is 0 Å². The van der Waals surface area contributed by atoms with E-state index in [0.717, 1.165) is 19.3 Å². The van der Waals surface area contributed by atoms with Gasteiger partial charge in [-0.05, 0) is 19.3 Å². The second kappa shape index (κ2) is 4.45. The van der Waals surface area contributed by atoms with Gasteiger partial charge in [-0.15, -0.1) is 0 Å². The Morgan fingerprint density at radius 1 is 1.67 bits per heavy atom. The highest BCUT2D eigenvalue weighted by Crippen LogP contribution is 2.28. The van der Waals surface area contributed by atoms with Gasteiger partial charge in [0.2, 0.25) is 5.91 Å². The number of rotatable bonds is 5. The third-order valence-electron chi connectivity index (χ3n) is 2.16. The van der Waals surface area contributed by atoms with Gasteiger partial charge in [0.05, 0.1) is 12.6 Å². The fraction of sp³-hybridized carbons (Fsp3) is 0.889. The summed E-state index contributed by atoms with van der Waals surface area (Å²) >= 11 is 0. The van der Waals surface area contributed by atoms with Gasteiger partial charge in [-0.2, -0.15) is 0 Å². The van der Waals surface area contributed by atoms with Crippen LogP contribution >= 0.6 is 0 Å². The molecule has 0 bridgehead atoms. The molecular formula is C9H17NO2. The fourth-order valence-corrected chi connectivity index (χ4v) is 1.13. The van der Waals surface area contributed by atoms with Crippen LogP contribution in [0.25, 0.3) is 0 Å². The third kappa shape index (κ3) is 2.81. The van der Waals surface area contributed by atoms with E-state index in [4.69, 9.17) is 4.74 Å². The van der Waals surface area contributed by atoms with Gasteiger partial charge in [-0.3, -0.25) is 4.79 Å². The van der Waals surface area contributed by atoms with Gasteiger partial charge in [0, 0.05) is 13.0 Å². The maximum Gasteiger partial charge on any atom is 0.223 e. The number of methoxy groups -OCH3 is 1. The van der Waals surface area contributed by atoms with Gasteiger partial charge in [0.15, 0.2) is 0 Å². The zero-order valence-corrected chi connectivity index (χ0v) is 7.80. The predicted molar refractivity (Wildman–Crippen MR) is 46.8 cm³/mol. The minimum atomic E-state index is 0.197. The standard InChI is InChI=1S/C9H17NO2/c1-3-8(6-12-2)10-9(11)7-4-5-7/h7-8H,3-6H2,1-2H3,(H,10,11). The second-order valence-electron chi connectivity index (χ2n) is 3.34. The summed E-state index contributed by atoms with van der Waals surface area (Å²) in [4.78, 5) is 11.3. The lowest BCUT2D eigenvalue weighted by Crippen LogP contribution is -2.38. The molecule has 1 aliphatic rings. The molecular weight excluding hydrogens is 154 g/mol. The van der Waals surface area contributed by atoms with Gasteiger partial charge in [0.1, 0.15) is 0 Å². The molecule has 0 spiro atoms. The molecule has 3 heteroatoms. The Bertz CT molecular complexity index is 155. The summed E-state index contributed by atoms with van der Waals surface area (Å²) in [5.41, 5.74) is 0. The number of hydrogen-bond donors (Lipinski definition) is 1. The molecule has 1 rings (SSSR count). The maximum atomic E-state index is 11.3. The zero-order chi connectivity index (χ0) is 8.97. The van der Waals surface area contributed by atoms with E-state index in [0.29, 0.717) is 12.5 Å². The number of nitrogens with one attached hydrogen (secondary N) is 1. The molecule has 3 nitrogen and oxygen atoms in total. The molecule has 12 heavy (non-hydrogen) atoms. The molecule has 70 valence electrons. The molecule has 1 unspecified atom stereocenters. The summed E-state index contributed by atoms with van der Waals surface area (Å²) < 4.78 is 4.98. The molecule has 0 radical (unpaired) electrons. The van der Waals surface area contributed by atoms with Crippen molar-refractivity contribution in [3.05, 3.63) is 0 Å². The fourth-order valence-electron chi connectivity index (χ4n) is 1.13. The summed E-state index contributed by atoms with van der Waals surface area (Å²) in [5.74, 6) is 0.509. The van der Waals surface area contributed by atoms with Crippen molar-refractivity contribution in [3.63, 3.8) is 0 Å². The Morgan fingerprint density at radius 2 is 2.33 bits per heavy atom. The number of carbonyl (C=O) groups excluding carboxylic acids is 1. The van der Waals surface area contributed by atoms with Crippen LogP contribution in [0.15, 0.2) is 0 Å². The summed E-state index contributed by atoms with van der Waals surface area (Å²) in [7, 11) is 1.66. The maximum absolute atomic E-state index is 11.3. The van der Waals surface area contributed by atoms with Gasteiger partial charge >= 0.3 is 0 Å². The summed E-state index contributed by atoms with van der Waals surface area (Å²) in [6, 6.07) is 0.197. The van der Waals surface area contributed by atoms with Crippen molar-refractivity contribution in [1.29, 1.82) is 0 Å². The lowest BCUT2D eigenvalue weighted by Gasteiger charge is -2.15. The Morgan fingerprint density at radius 3 is 2.75 bits per heavy atom. The molecule has 1 fully saturated rings. The first kappa shape index (κ1) is 9.52. The molecule has 0 aromatic rings. The molecule has 1 saturated carbocycles. The van der Waals surface area contributed by atoms with Crippen LogP contribution in [-0.4, -0.2) is 25.7 Å². The van der Waals surface area contributed by atoms with Gasteiger partial charge < -0.3 is 10.1 Å². The molecule has 0 aromatic carbocycles. The average molecular weight is 171 g/mol. The molecule has 0 aromatic heterocycles. The van der Waals surface area contributed by atoms with Gasteiger partial charge in [-0.25, -0.2) is 0 Å². The largest absolute Gasteiger partial charge is 0.383 e. The van der Waals surface area contributed by atoms with Crippen LogP contribution in [0.2, 0.25) is 0 Å². The van der Waals surface area contributed by atoms with E-state index in [1.807, 2.05) is 0 Å². The van der Waals surface area contributed by atoms with E-state index in [9.17, 15) is 4.79 Å². The summed E-state index contributed by atoms with van der Waals surface area (Å²) in [5, 5.41) is 2.97. The van der Waals surface area contributed by atoms with Crippen LogP contribution in [0.3, 0.4) is 0 Å². The van der Waals surface area contributed by atoms with E-state index < -0.39 is 0 Å². The van der Waals surface area contributed by atoms with E-state index >= 15 is 0 Å². The molecule has 1 atom stereocenters. The van der Waals surface area contributed by atoms with Crippen LogP contribution in [0.1, 0.15) is 26.2 Å². The second-order valence-corrected chi connectivity index (χ2v) is 3.34. The minimum absolute atomic E-state index is 0.197. The average Bonchev–Trinajstić information content (AvgIpc) is 2.85. The first-order valence-electron chi connectivity index (χ1n) is 4.57. The van der Waals surface area contributed by atoms with Crippen molar-refractivity contribution in [2.45, 2.75) is 32.2 Å². The Hall–Kier alpha value is -0.570. The van der Waals surface area contributed by atoms with Crippen LogP contribution in [0.5, 0.6) is 0 Å². The molecule has 1 aliphatic carbocycles. The van der Waals surface area contributed by atoms with Crippen molar-refractivity contribution in [3.8, 4) is 0 Å². The van der Waals surface area contributed by atoms with Crippen molar-refractivity contribution in [1.82, 2.24) is 5.32 Å². The van der Waals surface area contributed by atoms with Crippen molar-refractivity contribution in [2.24, 2.45) is 5.92 Å². The van der Waals surface area contributed by atoms with Gasteiger partial charge in [-0.1, -0.05) is 6.92 Å². The summed E-state index contributed by atoms with van der Waals surface area (Å²) in [6.07, 6.45) is 3.07. The van der Waals surface area contributed by atoms with Crippen LogP contribution in [-0.2, 0) is 9.53 Å². The van der Waals surface area contributed by atoms with Crippen LogP contribution in [0, 0.1) is 5.92 Å². The number of ether oxygens (including phenoxy) is 1. The first-order valence-corrected chi connectivity index (χ1v) is 4.57. The Kier molecular flexibility index (Phi) is 3.53. The highest BCUT2D eigenvalue weighted by atomic mass is 16.5. The highest BCUT2D eigenvalue weighted by molar-refractivity contribution is 5.81. The highest BCUT2D eigenvalue weighted by Gasteiger charge is 2.30. The minimum Gasteiger partial charge on any atom is -0.383 e. The van der Waals surface area contributed by atoms with E-state index in [-0.39, 0.29) is 11.9 Å². The number of amides is 1. The monoisotopic (exact) mass is 171 g/mol. The molecule has 0 saturated heterocycles. The summed E-state index contributed by atoms with van der Waals surface area (Å²) in [6.45, 7) is 2.67. The first-order chi connectivity index (χ1) is 5.77. The Balaban J connectivity index is 2.20. The van der Waals surface area contributed by atoms with E-state index in [1.165, 1.54) is 0 Å². The number of carbonyl (C=O) groups is 1. The van der Waals surface area contributed by atoms with E-state index in [2.05, 4.69) is 12.2 Å². The zero-order valence-electron chi connectivity index (χ0n) is 7.80. The smallest absolute Gasteiger partial charge is 0.223 e. The lowest BCUT2D eigenvalue weighted by atomic mass is 10.2. The van der Waals surface area contributed by atoms with E-state index in [1.54, 1.807) is 7.11 Å². The Labute approximate surface area is 73.5 Å². The topological polar surface area (TPSA) is 38.3 Å². The van der Waals surface area contributed by atoms with Crippen LogP contribution in [0.4, 0.5) is 0 Å². The van der Waals surface area contributed by atoms with Crippen molar-refractivity contribution in [2.75, 3.05) is 13.7 Å². The molecule has 1 amide bonds. The van der Waals surface area contributed by atoms with Crippen molar-refractivity contribution >= 4 is 5.91 Å². The SMILES string of the molecule is CCC(COC)NC(=O)C1CC1. The quantitative estimate of drug-likeness (QED) is 0.668. The number of hydrogen-bond acceptors (Lipinski definition) is 2. The normalized spacial score (nSPS) is 18.8. The third-order valence-corrected chi connectivity index (χ3v) is 2.16. The molecule has 0 heterocycles. The molecule has 1 N–H and O–H groups in total. The predicted octanol–water partition coefficient (Wildman–Crippen LogP) is 0.938. The molecule has 0 aliphatic heterocycles. The van der Waals surface area contributed by atoms with Crippen molar-refractivity contribution < 1.29 is 9.53 Å².